The third kappa shape index (κ3) is 1.64. The molecule has 1 rings (SSSR count). The Hall–Kier alpha value is -0.0800. The minimum Gasteiger partial charge on any atom is -0.390 e. The summed E-state index contributed by atoms with van der Waals surface area (Å²) in [5.41, 5.74) is 0. The first-order chi connectivity index (χ1) is 5.57. The summed E-state index contributed by atoms with van der Waals surface area (Å²) in [4.78, 5) is 0. The second-order valence-corrected chi connectivity index (χ2v) is 4.00. The Morgan fingerprint density at radius 2 is 1.75 bits per heavy atom. The summed E-state index contributed by atoms with van der Waals surface area (Å²) >= 11 is 0. The van der Waals surface area contributed by atoms with Gasteiger partial charge in [0.15, 0.2) is 0 Å². The molecule has 0 aromatic carbocycles. The van der Waals surface area contributed by atoms with Gasteiger partial charge in [0.05, 0.1) is 18.3 Å². The van der Waals surface area contributed by atoms with E-state index in [4.69, 9.17) is 4.74 Å². The van der Waals surface area contributed by atoms with Gasteiger partial charge in [0.25, 0.3) is 0 Å². The number of rotatable bonds is 1. The lowest BCUT2D eigenvalue weighted by molar-refractivity contribution is -0.162. The van der Waals surface area contributed by atoms with E-state index < -0.39 is 0 Å². The van der Waals surface area contributed by atoms with E-state index in [1.54, 1.807) is 0 Å². The van der Waals surface area contributed by atoms with Gasteiger partial charge in [-0.05, 0) is 25.2 Å². The van der Waals surface area contributed by atoms with Crippen molar-refractivity contribution < 1.29 is 9.84 Å². The Labute approximate surface area is 74.9 Å². The predicted molar refractivity (Wildman–Crippen MR) is 49.0 cm³/mol. The van der Waals surface area contributed by atoms with Crippen LogP contribution < -0.4 is 0 Å². The smallest absolute Gasteiger partial charge is 0.0837 e. The molecule has 1 N–H and O–H groups in total. The molecule has 0 unspecified atom stereocenters. The third-order valence-corrected chi connectivity index (χ3v) is 3.28. The molecule has 1 heterocycles. The summed E-state index contributed by atoms with van der Waals surface area (Å²) < 4.78 is 5.68. The zero-order valence-corrected chi connectivity index (χ0v) is 8.45. The van der Waals surface area contributed by atoms with Gasteiger partial charge in [0, 0.05) is 0 Å². The summed E-state index contributed by atoms with van der Waals surface area (Å²) in [7, 11) is 0. The largest absolute Gasteiger partial charge is 0.390 e. The van der Waals surface area contributed by atoms with Crippen LogP contribution in [0.5, 0.6) is 0 Å². The first-order valence-corrected chi connectivity index (χ1v) is 4.91. The highest BCUT2D eigenvalue weighted by atomic mass is 16.5. The molecule has 2 heteroatoms. The highest BCUT2D eigenvalue weighted by molar-refractivity contribution is 4.85. The molecule has 0 aromatic rings. The average Bonchev–Trinajstić information content (AvgIpc) is 2.08. The van der Waals surface area contributed by atoms with E-state index in [0.29, 0.717) is 11.8 Å². The Balaban J connectivity index is 2.63. The van der Waals surface area contributed by atoms with E-state index in [2.05, 4.69) is 27.7 Å². The molecule has 1 aliphatic heterocycles. The van der Waals surface area contributed by atoms with Gasteiger partial charge < -0.3 is 9.84 Å². The molecule has 72 valence electrons. The van der Waals surface area contributed by atoms with Crippen molar-refractivity contribution in [2.45, 2.75) is 52.4 Å². The number of aliphatic hydroxyl groups is 1. The van der Waals surface area contributed by atoms with Crippen LogP contribution in [-0.2, 0) is 4.74 Å². The summed E-state index contributed by atoms with van der Waals surface area (Å²) in [6, 6.07) is 0. The quantitative estimate of drug-likeness (QED) is 0.653. The lowest BCUT2D eigenvalue weighted by Crippen LogP contribution is -2.47. The van der Waals surface area contributed by atoms with Crippen LogP contribution >= 0.6 is 0 Å². The van der Waals surface area contributed by atoms with Crippen LogP contribution in [0.25, 0.3) is 0 Å². The van der Waals surface area contributed by atoms with E-state index in [-0.39, 0.29) is 18.3 Å². The molecule has 0 aliphatic carbocycles. The topological polar surface area (TPSA) is 29.5 Å². The van der Waals surface area contributed by atoms with Crippen molar-refractivity contribution in [1.82, 2.24) is 0 Å². The third-order valence-electron chi connectivity index (χ3n) is 3.28. The lowest BCUT2D eigenvalue weighted by atomic mass is 9.81. The molecule has 1 aliphatic rings. The van der Waals surface area contributed by atoms with E-state index in [0.717, 1.165) is 6.42 Å². The molecule has 0 bridgehead atoms. The standard InChI is InChI=1S/C10H20O2/c1-5-9-10(11)7(3)6(2)8(4)12-9/h6-11H,5H2,1-4H3/t6-,7+,8+,9+,10-/m0/s1. The minimum absolute atomic E-state index is 0.0474. The number of aliphatic hydroxyl groups excluding tert-OH is 1. The normalized spacial score (nSPS) is 49.2. The molecule has 0 saturated carbocycles. The molecular weight excluding hydrogens is 152 g/mol. The molecule has 0 amide bonds. The van der Waals surface area contributed by atoms with Gasteiger partial charge >= 0.3 is 0 Å². The van der Waals surface area contributed by atoms with E-state index in [1.165, 1.54) is 0 Å². The number of ether oxygens (including phenoxy) is 1. The van der Waals surface area contributed by atoms with Crippen LogP contribution in [0, 0.1) is 11.8 Å². The van der Waals surface area contributed by atoms with Crippen LogP contribution in [0.1, 0.15) is 34.1 Å². The van der Waals surface area contributed by atoms with Gasteiger partial charge in [0.2, 0.25) is 0 Å². The molecule has 0 radical (unpaired) electrons. The first kappa shape index (κ1) is 10.0. The maximum absolute atomic E-state index is 9.80. The second kappa shape index (κ2) is 3.75. The summed E-state index contributed by atoms with van der Waals surface area (Å²) in [6.45, 7) is 8.40. The molecular formula is C10H20O2. The summed E-state index contributed by atoms with van der Waals surface area (Å²) in [5.74, 6) is 0.821. The van der Waals surface area contributed by atoms with Crippen molar-refractivity contribution in [3.8, 4) is 0 Å². The first-order valence-electron chi connectivity index (χ1n) is 4.91. The van der Waals surface area contributed by atoms with Crippen molar-refractivity contribution in [2.24, 2.45) is 11.8 Å². The zero-order chi connectivity index (χ0) is 9.30. The van der Waals surface area contributed by atoms with Gasteiger partial charge in [-0.2, -0.15) is 0 Å². The van der Waals surface area contributed by atoms with Gasteiger partial charge in [-0.25, -0.2) is 0 Å². The van der Waals surface area contributed by atoms with Gasteiger partial charge in [-0.1, -0.05) is 20.8 Å². The van der Waals surface area contributed by atoms with Crippen LogP contribution in [-0.4, -0.2) is 23.4 Å². The lowest BCUT2D eigenvalue weighted by Gasteiger charge is -2.41. The predicted octanol–water partition coefficient (Wildman–Crippen LogP) is 1.82. The second-order valence-electron chi connectivity index (χ2n) is 4.00. The summed E-state index contributed by atoms with van der Waals surface area (Å²) in [5, 5.41) is 9.80. The molecule has 1 fully saturated rings. The van der Waals surface area contributed by atoms with Crippen LogP contribution in [0.4, 0.5) is 0 Å². The fourth-order valence-electron chi connectivity index (χ4n) is 1.89. The van der Waals surface area contributed by atoms with Gasteiger partial charge in [-0.15, -0.1) is 0 Å². The highest BCUT2D eigenvalue weighted by Gasteiger charge is 2.37. The fourth-order valence-corrected chi connectivity index (χ4v) is 1.89. The van der Waals surface area contributed by atoms with Crippen molar-refractivity contribution in [3.05, 3.63) is 0 Å². The van der Waals surface area contributed by atoms with Crippen molar-refractivity contribution in [1.29, 1.82) is 0 Å². The molecule has 0 aromatic heterocycles. The zero-order valence-electron chi connectivity index (χ0n) is 8.45. The number of hydrogen-bond acceptors (Lipinski definition) is 2. The van der Waals surface area contributed by atoms with Crippen LogP contribution in [0.3, 0.4) is 0 Å². The van der Waals surface area contributed by atoms with Crippen molar-refractivity contribution in [2.75, 3.05) is 0 Å². The Morgan fingerprint density at radius 3 is 2.25 bits per heavy atom. The fraction of sp³-hybridized carbons (Fsp3) is 1.00. The molecule has 1 saturated heterocycles. The molecule has 12 heavy (non-hydrogen) atoms. The van der Waals surface area contributed by atoms with E-state index >= 15 is 0 Å². The molecule has 0 spiro atoms. The molecule has 2 nitrogen and oxygen atoms in total. The van der Waals surface area contributed by atoms with Gasteiger partial charge in [0.1, 0.15) is 0 Å². The Bertz CT molecular complexity index is 142. The Morgan fingerprint density at radius 1 is 1.17 bits per heavy atom. The van der Waals surface area contributed by atoms with E-state index in [1.807, 2.05) is 0 Å². The maximum atomic E-state index is 9.80. The maximum Gasteiger partial charge on any atom is 0.0837 e. The van der Waals surface area contributed by atoms with E-state index in [9.17, 15) is 5.11 Å². The number of hydrogen-bond donors (Lipinski definition) is 1. The average molecular weight is 172 g/mol. The van der Waals surface area contributed by atoms with Crippen LogP contribution in [0.2, 0.25) is 0 Å². The SMILES string of the molecule is CC[C@H]1O[C@H](C)[C@@H](C)[C@@H](C)[C@@H]1O. The monoisotopic (exact) mass is 172 g/mol. The molecule has 5 atom stereocenters. The van der Waals surface area contributed by atoms with Crippen LogP contribution in [0.15, 0.2) is 0 Å². The summed E-state index contributed by atoms with van der Waals surface area (Å²) in [6.07, 6.45) is 0.962. The van der Waals surface area contributed by atoms with Gasteiger partial charge in [-0.3, -0.25) is 0 Å². The van der Waals surface area contributed by atoms with Crippen molar-refractivity contribution in [3.63, 3.8) is 0 Å². The van der Waals surface area contributed by atoms with Crippen molar-refractivity contribution >= 4 is 0 Å². The minimum atomic E-state index is -0.277. The Kier molecular flexibility index (Phi) is 3.13. The highest BCUT2D eigenvalue weighted by Crippen LogP contribution is 2.31.